The van der Waals surface area contributed by atoms with Gasteiger partial charge < -0.3 is 5.32 Å². The lowest BCUT2D eigenvalue weighted by Gasteiger charge is -2.04. The summed E-state index contributed by atoms with van der Waals surface area (Å²) >= 11 is 15.2. The summed E-state index contributed by atoms with van der Waals surface area (Å²) in [5, 5.41) is 3.87. The fourth-order valence-electron chi connectivity index (χ4n) is 1.53. The van der Waals surface area contributed by atoms with Crippen LogP contribution < -0.4 is 5.32 Å². The highest BCUT2D eigenvalue weighted by atomic mass is 79.9. The fourth-order valence-corrected chi connectivity index (χ4v) is 2.16. The van der Waals surface area contributed by atoms with Crippen LogP contribution in [-0.2, 0) is 4.79 Å². The van der Waals surface area contributed by atoms with E-state index in [4.69, 9.17) is 23.2 Å². The lowest BCUT2D eigenvalue weighted by Crippen LogP contribution is -2.07. The minimum Gasteiger partial charge on any atom is -0.322 e. The molecular formula is C15H10BrCl2NO. The second-order valence-corrected chi connectivity index (χ2v) is 5.64. The average molecular weight is 371 g/mol. The third-order valence-corrected chi connectivity index (χ3v) is 4.08. The standard InChI is InChI=1S/C15H10BrCl2NO/c16-12-7-6-11(9-14(12)18)19-15(20)8-5-10-3-1-2-4-13(10)17/h1-9H,(H,19,20)/b8-5+. The van der Waals surface area contributed by atoms with Crippen molar-refractivity contribution in [1.82, 2.24) is 0 Å². The van der Waals surface area contributed by atoms with E-state index in [-0.39, 0.29) is 5.91 Å². The van der Waals surface area contributed by atoms with Crippen LogP contribution in [0.3, 0.4) is 0 Å². The zero-order chi connectivity index (χ0) is 14.5. The summed E-state index contributed by atoms with van der Waals surface area (Å²) in [7, 11) is 0. The monoisotopic (exact) mass is 369 g/mol. The average Bonchev–Trinajstić information content (AvgIpc) is 2.42. The maximum Gasteiger partial charge on any atom is 0.248 e. The van der Waals surface area contributed by atoms with Gasteiger partial charge in [-0.05, 0) is 51.8 Å². The molecule has 0 atom stereocenters. The number of benzene rings is 2. The predicted octanol–water partition coefficient (Wildman–Crippen LogP) is 5.41. The molecule has 5 heteroatoms. The Labute approximate surface area is 135 Å². The molecule has 0 saturated carbocycles. The normalized spacial score (nSPS) is 10.8. The largest absolute Gasteiger partial charge is 0.322 e. The summed E-state index contributed by atoms with van der Waals surface area (Å²) in [5.41, 5.74) is 1.42. The zero-order valence-corrected chi connectivity index (χ0v) is 13.3. The van der Waals surface area contributed by atoms with Crippen molar-refractivity contribution in [3.63, 3.8) is 0 Å². The number of hydrogen-bond donors (Lipinski definition) is 1. The Morgan fingerprint density at radius 3 is 2.55 bits per heavy atom. The molecule has 0 aliphatic heterocycles. The molecule has 0 spiro atoms. The number of amides is 1. The molecule has 0 bridgehead atoms. The lowest BCUT2D eigenvalue weighted by atomic mass is 10.2. The molecule has 2 aromatic carbocycles. The van der Waals surface area contributed by atoms with Crippen molar-refractivity contribution in [2.45, 2.75) is 0 Å². The quantitative estimate of drug-likeness (QED) is 0.719. The molecule has 0 radical (unpaired) electrons. The van der Waals surface area contributed by atoms with E-state index < -0.39 is 0 Å². The van der Waals surface area contributed by atoms with Gasteiger partial charge in [0.1, 0.15) is 0 Å². The SMILES string of the molecule is O=C(/C=C/c1ccccc1Cl)Nc1ccc(Br)c(Cl)c1. The summed E-state index contributed by atoms with van der Waals surface area (Å²) in [6, 6.07) is 12.5. The Kier molecular flexibility index (Phi) is 5.24. The lowest BCUT2D eigenvalue weighted by molar-refractivity contribution is -0.111. The highest BCUT2D eigenvalue weighted by molar-refractivity contribution is 9.10. The minimum absolute atomic E-state index is 0.247. The summed E-state index contributed by atoms with van der Waals surface area (Å²) in [6.45, 7) is 0. The van der Waals surface area contributed by atoms with Gasteiger partial charge in [0.05, 0.1) is 5.02 Å². The summed E-state index contributed by atoms with van der Waals surface area (Å²) in [4.78, 5) is 11.8. The number of hydrogen-bond acceptors (Lipinski definition) is 1. The van der Waals surface area contributed by atoms with Crippen molar-refractivity contribution in [1.29, 1.82) is 0 Å². The van der Waals surface area contributed by atoms with E-state index in [1.54, 1.807) is 30.3 Å². The van der Waals surface area contributed by atoms with Crippen LogP contribution in [-0.4, -0.2) is 5.91 Å². The van der Waals surface area contributed by atoms with Gasteiger partial charge in [0.25, 0.3) is 0 Å². The molecule has 0 aromatic heterocycles. The summed E-state index contributed by atoms with van der Waals surface area (Å²) in [6.07, 6.45) is 3.09. The summed E-state index contributed by atoms with van der Waals surface area (Å²) < 4.78 is 0.781. The Hall–Kier alpha value is -1.29. The third-order valence-electron chi connectivity index (χ3n) is 2.51. The van der Waals surface area contributed by atoms with Gasteiger partial charge in [-0.25, -0.2) is 0 Å². The molecule has 20 heavy (non-hydrogen) atoms. The molecule has 0 heterocycles. The molecule has 0 aliphatic carbocycles. The second-order valence-electron chi connectivity index (χ2n) is 3.97. The van der Waals surface area contributed by atoms with Crippen molar-refractivity contribution >= 4 is 56.8 Å². The Morgan fingerprint density at radius 1 is 1.10 bits per heavy atom. The molecule has 0 aliphatic rings. The van der Waals surface area contributed by atoms with Crippen LogP contribution in [0.4, 0.5) is 5.69 Å². The summed E-state index contributed by atoms with van der Waals surface area (Å²) in [5.74, 6) is -0.247. The molecule has 0 fully saturated rings. The van der Waals surface area contributed by atoms with E-state index in [1.807, 2.05) is 18.2 Å². The van der Waals surface area contributed by atoms with E-state index >= 15 is 0 Å². The first-order chi connectivity index (χ1) is 9.56. The van der Waals surface area contributed by atoms with Gasteiger partial charge >= 0.3 is 0 Å². The highest BCUT2D eigenvalue weighted by Crippen LogP contribution is 2.25. The molecule has 2 rings (SSSR count). The number of anilines is 1. The van der Waals surface area contributed by atoms with Gasteiger partial charge in [0.15, 0.2) is 0 Å². The van der Waals surface area contributed by atoms with Gasteiger partial charge in [0.2, 0.25) is 5.91 Å². The predicted molar refractivity (Wildman–Crippen MR) is 88.3 cm³/mol. The van der Waals surface area contributed by atoms with Crippen molar-refractivity contribution in [3.05, 3.63) is 68.6 Å². The number of halogens is 3. The number of nitrogens with one attached hydrogen (secondary N) is 1. The van der Waals surface area contributed by atoms with Gasteiger partial charge in [-0.1, -0.05) is 41.4 Å². The first-order valence-corrected chi connectivity index (χ1v) is 7.30. The topological polar surface area (TPSA) is 29.1 Å². The van der Waals surface area contributed by atoms with Gasteiger partial charge in [0, 0.05) is 21.3 Å². The zero-order valence-electron chi connectivity index (χ0n) is 10.2. The van der Waals surface area contributed by atoms with E-state index in [9.17, 15) is 4.79 Å². The van der Waals surface area contributed by atoms with E-state index in [1.165, 1.54) is 6.08 Å². The van der Waals surface area contributed by atoms with Crippen molar-refractivity contribution in [2.24, 2.45) is 0 Å². The van der Waals surface area contributed by atoms with Crippen LogP contribution in [0.5, 0.6) is 0 Å². The smallest absolute Gasteiger partial charge is 0.248 e. The molecule has 0 unspecified atom stereocenters. The minimum atomic E-state index is -0.247. The van der Waals surface area contributed by atoms with Crippen LogP contribution in [0.2, 0.25) is 10.0 Å². The van der Waals surface area contributed by atoms with Crippen LogP contribution in [0.15, 0.2) is 53.0 Å². The number of carbonyl (C=O) groups is 1. The molecule has 102 valence electrons. The van der Waals surface area contributed by atoms with Crippen molar-refractivity contribution in [2.75, 3.05) is 5.32 Å². The Morgan fingerprint density at radius 2 is 1.85 bits per heavy atom. The number of rotatable bonds is 3. The molecule has 1 amide bonds. The number of carbonyl (C=O) groups excluding carboxylic acids is 1. The van der Waals surface area contributed by atoms with Crippen LogP contribution >= 0.6 is 39.1 Å². The van der Waals surface area contributed by atoms with Crippen molar-refractivity contribution < 1.29 is 4.79 Å². The van der Waals surface area contributed by atoms with Gasteiger partial charge in [-0.3, -0.25) is 4.79 Å². The first-order valence-electron chi connectivity index (χ1n) is 5.75. The Balaban J connectivity index is 2.06. The van der Waals surface area contributed by atoms with Crippen LogP contribution in [0.1, 0.15) is 5.56 Å². The molecule has 2 nitrogen and oxygen atoms in total. The molecule has 0 saturated heterocycles. The van der Waals surface area contributed by atoms with Gasteiger partial charge in [-0.2, -0.15) is 0 Å². The van der Waals surface area contributed by atoms with Gasteiger partial charge in [-0.15, -0.1) is 0 Å². The highest BCUT2D eigenvalue weighted by Gasteiger charge is 2.02. The fraction of sp³-hybridized carbons (Fsp3) is 0. The molecule has 2 aromatic rings. The molecule has 1 N–H and O–H groups in total. The van der Waals surface area contributed by atoms with Crippen LogP contribution in [0.25, 0.3) is 6.08 Å². The second kappa shape index (κ2) is 6.93. The van der Waals surface area contributed by atoms with Crippen LogP contribution in [0, 0.1) is 0 Å². The molecular weight excluding hydrogens is 361 g/mol. The van der Waals surface area contributed by atoms with E-state index in [0.29, 0.717) is 15.7 Å². The van der Waals surface area contributed by atoms with E-state index in [2.05, 4.69) is 21.2 Å². The Bertz CT molecular complexity index is 671. The van der Waals surface area contributed by atoms with E-state index in [0.717, 1.165) is 10.0 Å². The van der Waals surface area contributed by atoms with Crippen molar-refractivity contribution in [3.8, 4) is 0 Å². The third kappa shape index (κ3) is 4.10. The maximum atomic E-state index is 11.8. The first kappa shape index (κ1) is 15.1. The maximum absolute atomic E-state index is 11.8.